The highest BCUT2D eigenvalue weighted by molar-refractivity contribution is 5.75. The normalized spacial score (nSPS) is 29.9. The quantitative estimate of drug-likeness (QED) is 0.783. The fourth-order valence-corrected chi connectivity index (χ4v) is 2.59. The lowest BCUT2D eigenvalue weighted by Crippen LogP contribution is -2.50. The Labute approximate surface area is 113 Å². The number of hydrogen-bond donors (Lipinski definition) is 2. The van der Waals surface area contributed by atoms with Crippen molar-refractivity contribution in [1.29, 1.82) is 0 Å². The summed E-state index contributed by atoms with van der Waals surface area (Å²) in [5.74, 6) is -0.262. The number of nitrogens with one attached hydrogen (secondary N) is 1. The monoisotopic (exact) mass is 270 g/mol. The second-order valence-electron chi connectivity index (χ2n) is 5.38. The second-order valence-corrected chi connectivity index (χ2v) is 5.38. The Morgan fingerprint density at radius 1 is 1.47 bits per heavy atom. The van der Waals surface area contributed by atoms with E-state index in [4.69, 9.17) is 9.84 Å². The van der Waals surface area contributed by atoms with Crippen LogP contribution < -0.4 is 5.32 Å². The molecule has 108 valence electrons. The summed E-state index contributed by atoms with van der Waals surface area (Å²) >= 11 is 0. The maximum absolute atomic E-state index is 12.0. The summed E-state index contributed by atoms with van der Waals surface area (Å²) in [6.45, 7) is 3.46. The molecule has 0 radical (unpaired) electrons. The molecule has 2 fully saturated rings. The van der Waals surface area contributed by atoms with Crippen LogP contribution in [0.2, 0.25) is 0 Å². The first-order valence-electron chi connectivity index (χ1n) is 6.99. The fraction of sp³-hybridized carbons (Fsp3) is 0.846. The SMILES string of the molecule is CCCC1CC1NC(=O)N1CCOC(CC(=O)O)C1. The third kappa shape index (κ3) is 4.09. The van der Waals surface area contributed by atoms with Crippen molar-refractivity contribution in [1.82, 2.24) is 10.2 Å². The van der Waals surface area contributed by atoms with Gasteiger partial charge in [0.1, 0.15) is 0 Å². The highest BCUT2D eigenvalue weighted by Gasteiger charge is 2.38. The summed E-state index contributed by atoms with van der Waals surface area (Å²) < 4.78 is 5.35. The number of aliphatic carboxylic acids is 1. The zero-order valence-corrected chi connectivity index (χ0v) is 11.3. The lowest BCUT2D eigenvalue weighted by molar-refractivity contribution is -0.141. The van der Waals surface area contributed by atoms with Crippen molar-refractivity contribution in [2.45, 2.75) is 44.8 Å². The Kier molecular flexibility index (Phi) is 4.63. The minimum Gasteiger partial charge on any atom is -0.481 e. The van der Waals surface area contributed by atoms with Gasteiger partial charge in [-0.05, 0) is 18.8 Å². The Balaban J connectivity index is 1.74. The predicted octanol–water partition coefficient (Wildman–Crippen LogP) is 1.06. The lowest BCUT2D eigenvalue weighted by Gasteiger charge is -2.32. The number of rotatable bonds is 5. The van der Waals surface area contributed by atoms with Crippen molar-refractivity contribution in [3.05, 3.63) is 0 Å². The van der Waals surface area contributed by atoms with Crippen molar-refractivity contribution >= 4 is 12.0 Å². The van der Waals surface area contributed by atoms with Gasteiger partial charge in [-0.3, -0.25) is 4.79 Å². The summed E-state index contributed by atoms with van der Waals surface area (Å²) in [5, 5.41) is 11.8. The van der Waals surface area contributed by atoms with E-state index in [1.54, 1.807) is 4.90 Å². The van der Waals surface area contributed by atoms with E-state index in [0.717, 1.165) is 19.3 Å². The van der Waals surface area contributed by atoms with Gasteiger partial charge >= 0.3 is 12.0 Å². The average molecular weight is 270 g/mol. The van der Waals surface area contributed by atoms with Crippen LogP contribution >= 0.6 is 0 Å². The molecule has 2 aliphatic rings. The number of nitrogens with zero attached hydrogens (tertiary/aromatic N) is 1. The summed E-state index contributed by atoms with van der Waals surface area (Å²) in [4.78, 5) is 24.4. The van der Waals surface area contributed by atoms with Crippen LogP contribution in [0.25, 0.3) is 0 Å². The Morgan fingerprint density at radius 2 is 2.26 bits per heavy atom. The van der Waals surface area contributed by atoms with E-state index in [0.29, 0.717) is 31.7 Å². The van der Waals surface area contributed by atoms with Crippen LogP contribution in [-0.4, -0.2) is 53.8 Å². The molecule has 2 amide bonds. The van der Waals surface area contributed by atoms with Gasteiger partial charge in [0, 0.05) is 19.1 Å². The van der Waals surface area contributed by atoms with E-state index < -0.39 is 5.97 Å². The highest BCUT2D eigenvalue weighted by atomic mass is 16.5. The molecule has 0 aromatic heterocycles. The van der Waals surface area contributed by atoms with Crippen LogP contribution in [-0.2, 0) is 9.53 Å². The molecule has 2 N–H and O–H groups in total. The molecule has 1 saturated heterocycles. The smallest absolute Gasteiger partial charge is 0.317 e. The van der Waals surface area contributed by atoms with Crippen LogP contribution in [0.1, 0.15) is 32.6 Å². The summed E-state index contributed by atoms with van der Waals surface area (Å²) in [5.41, 5.74) is 0. The third-order valence-electron chi connectivity index (χ3n) is 3.72. The van der Waals surface area contributed by atoms with E-state index in [9.17, 15) is 9.59 Å². The number of amides is 2. The van der Waals surface area contributed by atoms with Gasteiger partial charge in [0.15, 0.2) is 0 Å². The Bertz CT molecular complexity index is 348. The van der Waals surface area contributed by atoms with Crippen molar-refractivity contribution < 1.29 is 19.4 Å². The summed E-state index contributed by atoms with van der Waals surface area (Å²) in [7, 11) is 0. The van der Waals surface area contributed by atoms with Crippen LogP contribution in [0, 0.1) is 5.92 Å². The van der Waals surface area contributed by atoms with E-state index in [1.807, 2.05) is 0 Å². The molecule has 6 heteroatoms. The molecule has 0 spiro atoms. The highest BCUT2D eigenvalue weighted by Crippen LogP contribution is 2.34. The van der Waals surface area contributed by atoms with Gasteiger partial charge in [0.25, 0.3) is 0 Å². The lowest BCUT2D eigenvalue weighted by atomic mass is 10.2. The summed E-state index contributed by atoms with van der Waals surface area (Å²) in [6, 6.07) is 0.232. The van der Waals surface area contributed by atoms with Gasteiger partial charge in [0.2, 0.25) is 0 Å². The third-order valence-corrected chi connectivity index (χ3v) is 3.72. The molecule has 1 aliphatic heterocycles. The van der Waals surface area contributed by atoms with Crippen molar-refractivity contribution in [3.8, 4) is 0 Å². The van der Waals surface area contributed by atoms with Crippen molar-refractivity contribution in [3.63, 3.8) is 0 Å². The van der Waals surface area contributed by atoms with Crippen molar-refractivity contribution in [2.24, 2.45) is 5.92 Å². The Hall–Kier alpha value is -1.30. The van der Waals surface area contributed by atoms with Crippen LogP contribution in [0.5, 0.6) is 0 Å². The number of urea groups is 1. The molecule has 3 unspecified atom stereocenters. The average Bonchev–Trinajstić information content (AvgIpc) is 3.07. The molecule has 19 heavy (non-hydrogen) atoms. The first kappa shape index (κ1) is 14.1. The second kappa shape index (κ2) is 6.23. The van der Waals surface area contributed by atoms with E-state index in [-0.39, 0.29) is 18.6 Å². The first-order valence-corrected chi connectivity index (χ1v) is 6.99. The molecular weight excluding hydrogens is 248 g/mol. The largest absolute Gasteiger partial charge is 0.481 e. The molecule has 2 rings (SSSR count). The number of carbonyl (C=O) groups is 2. The molecule has 6 nitrogen and oxygen atoms in total. The van der Waals surface area contributed by atoms with Crippen LogP contribution in [0.4, 0.5) is 4.79 Å². The molecule has 0 aromatic carbocycles. The number of hydrogen-bond acceptors (Lipinski definition) is 3. The standard InChI is InChI=1S/C13H22N2O4/c1-2-3-9-6-11(9)14-13(18)15-4-5-19-10(8-15)7-12(16)17/h9-11H,2-8H2,1H3,(H,14,18)(H,16,17). The Morgan fingerprint density at radius 3 is 2.95 bits per heavy atom. The molecular formula is C13H22N2O4. The van der Waals surface area contributed by atoms with Gasteiger partial charge in [-0.2, -0.15) is 0 Å². The van der Waals surface area contributed by atoms with Gasteiger partial charge in [-0.15, -0.1) is 0 Å². The summed E-state index contributed by atoms with van der Waals surface area (Å²) in [6.07, 6.45) is 2.95. The van der Waals surface area contributed by atoms with E-state index >= 15 is 0 Å². The molecule has 0 aromatic rings. The van der Waals surface area contributed by atoms with E-state index in [2.05, 4.69) is 12.2 Å². The zero-order valence-electron chi connectivity index (χ0n) is 11.3. The van der Waals surface area contributed by atoms with Crippen LogP contribution in [0.3, 0.4) is 0 Å². The number of carboxylic acids is 1. The maximum atomic E-state index is 12.0. The minimum absolute atomic E-state index is 0.0499. The minimum atomic E-state index is -0.891. The van der Waals surface area contributed by atoms with Gasteiger partial charge in [0.05, 0.1) is 19.1 Å². The number of carboxylic acid groups (broad SMARTS) is 1. The molecule has 3 atom stereocenters. The molecule has 1 heterocycles. The fourth-order valence-electron chi connectivity index (χ4n) is 2.59. The number of carbonyl (C=O) groups excluding carboxylic acids is 1. The predicted molar refractivity (Wildman–Crippen MR) is 68.9 cm³/mol. The molecule has 1 saturated carbocycles. The van der Waals surface area contributed by atoms with E-state index in [1.165, 1.54) is 0 Å². The first-order chi connectivity index (χ1) is 9.10. The maximum Gasteiger partial charge on any atom is 0.317 e. The van der Waals surface area contributed by atoms with Gasteiger partial charge < -0.3 is 20.1 Å². The van der Waals surface area contributed by atoms with Crippen molar-refractivity contribution in [2.75, 3.05) is 19.7 Å². The van der Waals surface area contributed by atoms with Crippen LogP contribution in [0.15, 0.2) is 0 Å². The number of morpholine rings is 1. The zero-order chi connectivity index (χ0) is 13.8. The van der Waals surface area contributed by atoms with Gasteiger partial charge in [-0.1, -0.05) is 13.3 Å². The molecule has 1 aliphatic carbocycles. The molecule has 0 bridgehead atoms. The van der Waals surface area contributed by atoms with Gasteiger partial charge in [-0.25, -0.2) is 4.79 Å². The topological polar surface area (TPSA) is 78.9 Å². The number of ether oxygens (including phenoxy) is 1.